The van der Waals surface area contributed by atoms with E-state index in [0.29, 0.717) is 5.38 Å². The third-order valence-electron chi connectivity index (χ3n) is 3.17. The second kappa shape index (κ2) is 5.94. The van der Waals surface area contributed by atoms with Crippen molar-refractivity contribution in [3.8, 4) is 5.75 Å². The Labute approximate surface area is 112 Å². The minimum absolute atomic E-state index is 0.391. The summed E-state index contributed by atoms with van der Waals surface area (Å²) in [5.74, 6) is 1.61. The molecule has 1 fully saturated rings. The molecule has 0 bridgehead atoms. The van der Waals surface area contributed by atoms with E-state index in [9.17, 15) is 0 Å². The van der Waals surface area contributed by atoms with Crippen LogP contribution in [-0.4, -0.2) is 19.0 Å². The standard InChI is InChI=1S/C13H17Cl2NO/c1-17-13-3-2-11(14)6-10(13)8-16-7-9-4-12(15)5-9/h2-3,6,9,12,16H,4-5,7-8H2,1H3. The van der Waals surface area contributed by atoms with Gasteiger partial charge in [-0.05, 0) is 43.5 Å². The van der Waals surface area contributed by atoms with E-state index in [-0.39, 0.29) is 0 Å². The maximum atomic E-state index is 5.97. The van der Waals surface area contributed by atoms with E-state index in [4.69, 9.17) is 27.9 Å². The Hall–Kier alpha value is -0.440. The van der Waals surface area contributed by atoms with Crippen LogP contribution in [0, 0.1) is 5.92 Å². The first kappa shape index (κ1) is 13.0. The molecule has 0 atom stereocenters. The van der Waals surface area contributed by atoms with Gasteiger partial charge < -0.3 is 10.1 Å². The number of rotatable bonds is 5. The fraction of sp³-hybridized carbons (Fsp3) is 0.538. The first-order chi connectivity index (χ1) is 8.19. The van der Waals surface area contributed by atoms with Crippen LogP contribution in [0.2, 0.25) is 5.02 Å². The van der Waals surface area contributed by atoms with E-state index in [0.717, 1.165) is 48.2 Å². The lowest BCUT2D eigenvalue weighted by atomic mass is 9.85. The average molecular weight is 274 g/mol. The summed E-state index contributed by atoms with van der Waals surface area (Å²) in [4.78, 5) is 0. The van der Waals surface area contributed by atoms with Crippen molar-refractivity contribution in [2.75, 3.05) is 13.7 Å². The Morgan fingerprint density at radius 2 is 2.18 bits per heavy atom. The average Bonchev–Trinajstić information content (AvgIpc) is 2.27. The molecule has 0 aliphatic heterocycles. The van der Waals surface area contributed by atoms with Gasteiger partial charge in [-0.1, -0.05) is 11.6 Å². The van der Waals surface area contributed by atoms with Gasteiger partial charge in [0.25, 0.3) is 0 Å². The first-order valence-corrected chi connectivity index (χ1v) is 6.67. The zero-order chi connectivity index (χ0) is 12.3. The Balaban J connectivity index is 1.83. The summed E-state index contributed by atoms with van der Waals surface area (Å²) in [6, 6.07) is 5.68. The fourth-order valence-corrected chi connectivity index (χ4v) is 2.82. The molecule has 0 spiro atoms. The van der Waals surface area contributed by atoms with Gasteiger partial charge in [-0.15, -0.1) is 11.6 Å². The highest BCUT2D eigenvalue weighted by Gasteiger charge is 2.26. The van der Waals surface area contributed by atoms with Crippen molar-refractivity contribution in [3.63, 3.8) is 0 Å². The van der Waals surface area contributed by atoms with E-state index in [1.807, 2.05) is 18.2 Å². The van der Waals surface area contributed by atoms with Crippen molar-refractivity contribution in [1.82, 2.24) is 5.32 Å². The topological polar surface area (TPSA) is 21.3 Å². The number of methoxy groups -OCH3 is 1. The normalized spacial score (nSPS) is 23.2. The van der Waals surface area contributed by atoms with Crippen LogP contribution in [0.1, 0.15) is 18.4 Å². The second-order valence-corrected chi connectivity index (χ2v) is 5.58. The third kappa shape index (κ3) is 3.51. The summed E-state index contributed by atoms with van der Waals surface area (Å²) in [7, 11) is 1.68. The summed E-state index contributed by atoms with van der Waals surface area (Å²) >= 11 is 11.9. The molecule has 0 aromatic heterocycles. The van der Waals surface area contributed by atoms with Crippen molar-refractivity contribution in [2.24, 2.45) is 5.92 Å². The molecule has 4 heteroatoms. The lowest BCUT2D eigenvalue weighted by molar-refractivity contribution is 0.307. The van der Waals surface area contributed by atoms with Gasteiger partial charge >= 0.3 is 0 Å². The monoisotopic (exact) mass is 273 g/mol. The highest BCUT2D eigenvalue weighted by Crippen LogP contribution is 2.31. The molecule has 0 unspecified atom stereocenters. The summed E-state index contributed by atoms with van der Waals surface area (Å²) in [6.07, 6.45) is 2.25. The molecule has 2 rings (SSSR count). The molecule has 0 saturated heterocycles. The Kier molecular flexibility index (Phi) is 4.55. The van der Waals surface area contributed by atoms with Gasteiger partial charge in [0.05, 0.1) is 7.11 Å². The predicted octanol–water partition coefficient (Wildman–Crippen LogP) is 3.46. The Morgan fingerprint density at radius 3 is 2.82 bits per heavy atom. The number of hydrogen-bond donors (Lipinski definition) is 1. The molecule has 2 nitrogen and oxygen atoms in total. The minimum atomic E-state index is 0.391. The summed E-state index contributed by atoms with van der Waals surface area (Å²) in [6.45, 7) is 1.80. The molecule has 0 radical (unpaired) electrons. The van der Waals surface area contributed by atoms with Crippen LogP contribution < -0.4 is 10.1 Å². The molecule has 0 heterocycles. The Bertz CT molecular complexity index is 378. The van der Waals surface area contributed by atoms with Crippen molar-refractivity contribution in [1.29, 1.82) is 0 Å². The van der Waals surface area contributed by atoms with E-state index in [1.54, 1.807) is 7.11 Å². The van der Waals surface area contributed by atoms with E-state index in [2.05, 4.69) is 5.32 Å². The van der Waals surface area contributed by atoms with Crippen molar-refractivity contribution in [3.05, 3.63) is 28.8 Å². The number of nitrogens with one attached hydrogen (secondary N) is 1. The maximum Gasteiger partial charge on any atom is 0.123 e. The molecule has 1 aromatic rings. The van der Waals surface area contributed by atoms with Crippen LogP contribution in [0.25, 0.3) is 0 Å². The van der Waals surface area contributed by atoms with Crippen LogP contribution in [0.4, 0.5) is 0 Å². The van der Waals surface area contributed by atoms with Gasteiger partial charge in [0.15, 0.2) is 0 Å². The molecule has 1 aromatic carbocycles. The lowest BCUT2D eigenvalue weighted by Crippen LogP contribution is -2.33. The van der Waals surface area contributed by atoms with E-state index >= 15 is 0 Å². The van der Waals surface area contributed by atoms with Crippen LogP contribution in [-0.2, 0) is 6.54 Å². The van der Waals surface area contributed by atoms with Gasteiger partial charge in [-0.25, -0.2) is 0 Å². The zero-order valence-electron chi connectivity index (χ0n) is 9.88. The van der Waals surface area contributed by atoms with E-state index in [1.165, 1.54) is 0 Å². The quantitative estimate of drug-likeness (QED) is 0.830. The van der Waals surface area contributed by atoms with Gasteiger partial charge in [0, 0.05) is 22.5 Å². The highest BCUT2D eigenvalue weighted by atomic mass is 35.5. The summed E-state index contributed by atoms with van der Waals surface area (Å²) < 4.78 is 5.30. The van der Waals surface area contributed by atoms with Crippen LogP contribution in [0.5, 0.6) is 5.75 Å². The molecule has 1 aliphatic rings. The van der Waals surface area contributed by atoms with Crippen molar-refractivity contribution >= 4 is 23.2 Å². The van der Waals surface area contributed by atoms with Gasteiger partial charge in [0.1, 0.15) is 5.75 Å². The number of ether oxygens (including phenoxy) is 1. The molecule has 1 aliphatic carbocycles. The van der Waals surface area contributed by atoms with Crippen LogP contribution in [0.3, 0.4) is 0 Å². The highest BCUT2D eigenvalue weighted by molar-refractivity contribution is 6.30. The number of benzene rings is 1. The lowest BCUT2D eigenvalue weighted by Gasteiger charge is -2.31. The summed E-state index contributed by atoms with van der Waals surface area (Å²) in [5.41, 5.74) is 1.10. The van der Waals surface area contributed by atoms with Gasteiger partial charge in [0.2, 0.25) is 0 Å². The molecule has 1 saturated carbocycles. The third-order valence-corrected chi connectivity index (χ3v) is 3.76. The molecular weight excluding hydrogens is 257 g/mol. The molecule has 17 heavy (non-hydrogen) atoms. The molecule has 0 amide bonds. The van der Waals surface area contributed by atoms with E-state index < -0.39 is 0 Å². The smallest absolute Gasteiger partial charge is 0.123 e. The van der Waals surface area contributed by atoms with Crippen molar-refractivity contribution in [2.45, 2.75) is 24.8 Å². The molecule has 94 valence electrons. The van der Waals surface area contributed by atoms with Gasteiger partial charge in [-0.2, -0.15) is 0 Å². The SMILES string of the molecule is COc1ccc(Cl)cc1CNCC1CC(Cl)C1. The predicted molar refractivity (Wildman–Crippen MR) is 72.1 cm³/mol. The fourth-order valence-electron chi connectivity index (χ4n) is 2.12. The van der Waals surface area contributed by atoms with Crippen LogP contribution in [0.15, 0.2) is 18.2 Å². The first-order valence-electron chi connectivity index (χ1n) is 5.86. The maximum absolute atomic E-state index is 5.97. The number of hydrogen-bond acceptors (Lipinski definition) is 2. The minimum Gasteiger partial charge on any atom is -0.496 e. The second-order valence-electron chi connectivity index (χ2n) is 4.52. The number of alkyl halides is 1. The largest absolute Gasteiger partial charge is 0.496 e. The van der Waals surface area contributed by atoms with Crippen molar-refractivity contribution < 1.29 is 4.74 Å². The van der Waals surface area contributed by atoms with Gasteiger partial charge in [-0.3, -0.25) is 0 Å². The zero-order valence-corrected chi connectivity index (χ0v) is 11.4. The number of halogens is 2. The Morgan fingerprint density at radius 1 is 1.41 bits per heavy atom. The summed E-state index contributed by atoms with van der Waals surface area (Å²) in [5, 5.41) is 4.56. The molecule has 1 N–H and O–H groups in total. The molecular formula is C13H17Cl2NO. The van der Waals surface area contributed by atoms with Crippen LogP contribution >= 0.6 is 23.2 Å².